The van der Waals surface area contributed by atoms with Crippen LogP contribution in [-0.2, 0) is 4.79 Å². The van der Waals surface area contributed by atoms with Crippen molar-refractivity contribution in [3.05, 3.63) is 42.5 Å². The van der Waals surface area contributed by atoms with Gasteiger partial charge in [-0.1, -0.05) is 36.8 Å². The number of nitrogens with one attached hydrogen (secondary N) is 1. The third kappa shape index (κ3) is 4.19. The fraction of sp³-hybridized carbons (Fsp3) is 0.353. The van der Waals surface area contributed by atoms with Crippen molar-refractivity contribution in [2.75, 3.05) is 25.0 Å². The van der Waals surface area contributed by atoms with Gasteiger partial charge in [0.05, 0.1) is 6.54 Å². The fourth-order valence-corrected chi connectivity index (χ4v) is 2.79. The molecule has 0 spiro atoms. The van der Waals surface area contributed by atoms with E-state index in [1.165, 1.54) is 24.6 Å². The number of benzene rings is 2. The predicted octanol–water partition coefficient (Wildman–Crippen LogP) is 3.69. The monoisotopic (exact) mass is 304 g/mol. The van der Waals surface area contributed by atoms with Crippen LogP contribution in [0.25, 0.3) is 10.8 Å². The lowest BCUT2D eigenvalue weighted by molar-refractivity contribution is -0.117. The smallest absolute Gasteiger partial charge is 0.238 e. The number of halogens is 1. The Labute approximate surface area is 131 Å². The number of piperidine rings is 1. The lowest BCUT2D eigenvalue weighted by atomic mass is 10.1. The Kier molecular flexibility index (Phi) is 5.59. The van der Waals surface area contributed by atoms with Crippen LogP contribution in [0.3, 0.4) is 0 Å². The summed E-state index contributed by atoms with van der Waals surface area (Å²) in [5.41, 5.74) is 0.880. The van der Waals surface area contributed by atoms with Gasteiger partial charge in [0.25, 0.3) is 0 Å². The highest BCUT2D eigenvalue weighted by molar-refractivity contribution is 5.95. The van der Waals surface area contributed by atoms with Gasteiger partial charge in [0.2, 0.25) is 5.91 Å². The van der Waals surface area contributed by atoms with E-state index in [2.05, 4.69) is 22.3 Å². The van der Waals surface area contributed by atoms with E-state index in [1.807, 2.05) is 30.3 Å². The second-order valence-corrected chi connectivity index (χ2v) is 5.45. The zero-order chi connectivity index (χ0) is 13.8. The lowest BCUT2D eigenvalue weighted by Gasteiger charge is -2.25. The number of nitrogens with zero attached hydrogens (tertiary/aromatic N) is 1. The number of hydrogen-bond donors (Lipinski definition) is 1. The standard InChI is InChI=1S/C17H20N2O.ClH/c20-17(13-19-10-4-1-5-11-19)18-16-9-8-14-6-2-3-7-15(14)12-16;/h2-3,6-9,12H,1,4-5,10-11,13H2,(H,18,20);1H. The highest BCUT2D eigenvalue weighted by Crippen LogP contribution is 2.19. The third-order valence-electron chi connectivity index (χ3n) is 3.85. The first-order valence-electron chi connectivity index (χ1n) is 7.32. The molecule has 0 atom stereocenters. The maximum atomic E-state index is 12.1. The van der Waals surface area contributed by atoms with E-state index in [0.29, 0.717) is 6.54 Å². The normalized spacial score (nSPS) is 15.4. The molecule has 3 rings (SSSR count). The van der Waals surface area contributed by atoms with Crippen LogP contribution in [0.1, 0.15) is 19.3 Å². The van der Waals surface area contributed by atoms with Crippen molar-refractivity contribution in [1.29, 1.82) is 0 Å². The summed E-state index contributed by atoms with van der Waals surface area (Å²) in [4.78, 5) is 14.3. The van der Waals surface area contributed by atoms with Gasteiger partial charge in [0.15, 0.2) is 0 Å². The van der Waals surface area contributed by atoms with Crippen molar-refractivity contribution in [3.8, 4) is 0 Å². The summed E-state index contributed by atoms with van der Waals surface area (Å²) in [7, 11) is 0. The molecule has 2 aromatic rings. The number of amides is 1. The average molecular weight is 305 g/mol. The van der Waals surface area contributed by atoms with E-state index >= 15 is 0 Å². The summed E-state index contributed by atoms with van der Waals surface area (Å²) < 4.78 is 0. The van der Waals surface area contributed by atoms with Gasteiger partial charge in [-0.3, -0.25) is 9.69 Å². The Morgan fingerprint density at radius 2 is 1.71 bits per heavy atom. The summed E-state index contributed by atoms with van der Waals surface area (Å²) in [6, 6.07) is 14.2. The van der Waals surface area contributed by atoms with Crippen molar-refractivity contribution < 1.29 is 4.79 Å². The second kappa shape index (κ2) is 7.43. The molecule has 21 heavy (non-hydrogen) atoms. The van der Waals surface area contributed by atoms with Gasteiger partial charge in [0, 0.05) is 5.69 Å². The molecule has 0 unspecified atom stereocenters. The number of anilines is 1. The van der Waals surface area contributed by atoms with Gasteiger partial charge in [-0.15, -0.1) is 12.4 Å². The summed E-state index contributed by atoms with van der Waals surface area (Å²) in [5, 5.41) is 5.35. The highest BCUT2D eigenvalue weighted by Gasteiger charge is 2.13. The van der Waals surface area contributed by atoms with Crippen molar-refractivity contribution in [3.63, 3.8) is 0 Å². The molecular formula is C17H21ClN2O. The first-order chi connectivity index (χ1) is 9.81. The molecule has 1 aliphatic heterocycles. The molecule has 112 valence electrons. The van der Waals surface area contributed by atoms with Gasteiger partial charge in [0.1, 0.15) is 0 Å². The van der Waals surface area contributed by atoms with E-state index < -0.39 is 0 Å². The minimum Gasteiger partial charge on any atom is -0.325 e. The Morgan fingerprint density at radius 1 is 1.00 bits per heavy atom. The fourth-order valence-electron chi connectivity index (χ4n) is 2.79. The van der Waals surface area contributed by atoms with E-state index in [9.17, 15) is 4.79 Å². The third-order valence-corrected chi connectivity index (χ3v) is 3.85. The molecule has 1 heterocycles. The van der Waals surface area contributed by atoms with E-state index in [1.54, 1.807) is 0 Å². The van der Waals surface area contributed by atoms with E-state index in [-0.39, 0.29) is 18.3 Å². The topological polar surface area (TPSA) is 32.3 Å². The number of rotatable bonds is 3. The average Bonchev–Trinajstić information content (AvgIpc) is 2.48. The molecule has 1 saturated heterocycles. The molecule has 0 saturated carbocycles. The van der Waals surface area contributed by atoms with Gasteiger partial charge in [-0.2, -0.15) is 0 Å². The van der Waals surface area contributed by atoms with Gasteiger partial charge < -0.3 is 5.32 Å². The summed E-state index contributed by atoms with van der Waals surface area (Å²) >= 11 is 0. The molecule has 3 nitrogen and oxygen atoms in total. The molecule has 4 heteroatoms. The molecule has 1 aliphatic rings. The number of hydrogen-bond acceptors (Lipinski definition) is 2. The molecule has 1 N–H and O–H groups in total. The largest absolute Gasteiger partial charge is 0.325 e. The van der Waals surface area contributed by atoms with Gasteiger partial charge in [-0.05, 0) is 48.8 Å². The van der Waals surface area contributed by atoms with E-state index in [0.717, 1.165) is 24.2 Å². The van der Waals surface area contributed by atoms with Crippen LogP contribution in [0.4, 0.5) is 5.69 Å². The van der Waals surface area contributed by atoms with Gasteiger partial charge >= 0.3 is 0 Å². The summed E-state index contributed by atoms with van der Waals surface area (Å²) in [6.45, 7) is 2.60. The zero-order valence-corrected chi connectivity index (χ0v) is 12.9. The summed E-state index contributed by atoms with van der Waals surface area (Å²) in [5.74, 6) is 0.0854. The maximum Gasteiger partial charge on any atom is 0.238 e. The Morgan fingerprint density at radius 3 is 2.48 bits per heavy atom. The number of likely N-dealkylation sites (tertiary alicyclic amines) is 1. The van der Waals surface area contributed by atoms with Crippen molar-refractivity contribution in [1.82, 2.24) is 4.90 Å². The predicted molar refractivity (Wildman–Crippen MR) is 90.1 cm³/mol. The van der Waals surface area contributed by atoms with Crippen LogP contribution < -0.4 is 5.32 Å². The van der Waals surface area contributed by atoms with Crippen molar-refractivity contribution in [2.24, 2.45) is 0 Å². The molecule has 1 amide bonds. The minimum atomic E-state index is 0. The molecule has 0 aromatic heterocycles. The molecule has 0 aliphatic carbocycles. The number of carbonyl (C=O) groups is 1. The molecule has 0 bridgehead atoms. The Bertz CT molecular complexity index is 609. The zero-order valence-electron chi connectivity index (χ0n) is 12.0. The maximum absolute atomic E-state index is 12.1. The molecular weight excluding hydrogens is 284 g/mol. The van der Waals surface area contributed by atoms with Crippen molar-refractivity contribution in [2.45, 2.75) is 19.3 Å². The summed E-state index contributed by atoms with van der Waals surface area (Å²) in [6.07, 6.45) is 3.72. The molecule has 1 fully saturated rings. The first-order valence-corrected chi connectivity index (χ1v) is 7.32. The SMILES string of the molecule is Cl.O=C(CN1CCCCC1)Nc1ccc2ccccc2c1. The number of carbonyl (C=O) groups excluding carboxylic acids is 1. The van der Waals surface area contributed by atoms with Crippen LogP contribution in [0.2, 0.25) is 0 Å². The Hall–Kier alpha value is -1.58. The molecule has 2 aromatic carbocycles. The minimum absolute atomic E-state index is 0. The van der Waals surface area contributed by atoms with E-state index in [4.69, 9.17) is 0 Å². The van der Waals surface area contributed by atoms with Crippen LogP contribution in [0.5, 0.6) is 0 Å². The Balaban J connectivity index is 0.00000161. The molecule has 0 radical (unpaired) electrons. The first kappa shape index (κ1) is 15.8. The quantitative estimate of drug-likeness (QED) is 0.938. The second-order valence-electron chi connectivity index (χ2n) is 5.45. The van der Waals surface area contributed by atoms with Crippen LogP contribution in [-0.4, -0.2) is 30.4 Å². The van der Waals surface area contributed by atoms with Crippen LogP contribution >= 0.6 is 12.4 Å². The number of fused-ring (bicyclic) bond motifs is 1. The van der Waals surface area contributed by atoms with Crippen LogP contribution in [0.15, 0.2) is 42.5 Å². The van der Waals surface area contributed by atoms with Crippen LogP contribution in [0, 0.1) is 0 Å². The van der Waals surface area contributed by atoms with Gasteiger partial charge in [-0.25, -0.2) is 0 Å². The van der Waals surface area contributed by atoms with Crippen molar-refractivity contribution >= 4 is 34.8 Å². The highest BCUT2D eigenvalue weighted by atomic mass is 35.5. The lowest BCUT2D eigenvalue weighted by Crippen LogP contribution is -2.36.